The Kier molecular flexibility index (Phi) is 5.06. The average molecular weight is 155 g/mol. The molecule has 0 saturated carbocycles. The molecule has 1 unspecified atom stereocenters. The van der Waals surface area contributed by atoms with Gasteiger partial charge in [0.1, 0.15) is 0 Å². The van der Waals surface area contributed by atoms with Crippen molar-refractivity contribution in [3.63, 3.8) is 0 Å². The van der Waals surface area contributed by atoms with E-state index in [0.717, 1.165) is 5.25 Å². The molecule has 1 atom stereocenters. The first kappa shape index (κ1) is 9.44. The van der Waals surface area contributed by atoms with Crippen molar-refractivity contribution in [1.82, 2.24) is 0 Å². The molecule has 1 rings (SSSR count). The molecule has 0 N–H and O–H groups in total. The van der Waals surface area contributed by atoms with Gasteiger partial charge in [-0.3, -0.25) is 0 Å². The Hall–Kier alpha value is 1.44. The Labute approximate surface area is 80.6 Å². The normalized spacial score (nSPS) is 26.8. The fourth-order valence-corrected chi connectivity index (χ4v) is 2.69. The molecular weight excluding hydrogens is 147 g/mol. The Morgan fingerprint density at radius 2 is 2.25 bits per heavy atom. The molecule has 1 heterocycles. The minimum Gasteiger partial charge on any atom is -0.0819 e. The molecule has 0 aliphatic carbocycles. The van der Waals surface area contributed by atoms with Crippen molar-refractivity contribution in [2.45, 2.75) is 19.1 Å². The van der Waals surface area contributed by atoms with Crippen LogP contribution in [0, 0.1) is 0 Å². The van der Waals surface area contributed by atoms with Crippen molar-refractivity contribution < 1.29 is 0 Å². The fourth-order valence-electron chi connectivity index (χ4n) is 0.538. The minimum atomic E-state index is 0. The Balaban J connectivity index is 0.000000490. The van der Waals surface area contributed by atoms with Gasteiger partial charge in [0, 0.05) is 34.8 Å². The third-order valence-corrected chi connectivity index (χ3v) is 3.72. The van der Waals surface area contributed by atoms with Crippen molar-refractivity contribution in [2.75, 3.05) is 0 Å². The predicted octanol–water partition coefficient (Wildman–Crippen LogP) is 2.29. The smallest absolute Gasteiger partial charge is 0.0316 e. The number of allylic oxidation sites excluding steroid dienone is 1. The fraction of sp³-hybridized carbons (Fsp3) is 0.600. The van der Waals surface area contributed by atoms with Crippen molar-refractivity contribution in [3.05, 3.63) is 11.0 Å². The zero-order chi connectivity index (χ0) is 5.28. The van der Waals surface area contributed by atoms with Crippen LogP contribution >= 0.6 is 21.6 Å². The Bertz CT molecular complexity index is 101. The van der Waals surface area contributed by atoms with Crippen LogP contribution in [0.4, 0.5) is 0 Å². The van der Waals surface area contributed by atoms with Gasteiger partial charge in [-0.1, -0.05) is 27.7 Å². The summed E-state index contributed by atoms with van der Waals surface area (Å²) in [4.78, 5) is 1.46. The van der Waals surface area contributed by atoms with Gasteiger partial charge in [-0.25, -0.2) is 0 Å². The summed E-state index contributed by atoms with van der Waals surface area (Å²) < 4.78 is 0. The molecule has 8 heavy (non-hydrogen) atoms. The largest absolute Gasteiger partial charge is 0.0819 e. The monoisotopic (exact) mass is 155 g/mol. The van der Waals surface area contributed by atoms with Gasteiger partial charge >= 0.3 is 0 Å². The Morgan fingerprint density at radius 1 is 1.62 bits per heavy atom. The summed E-state index contributed by atoms with van der Waals surface area (Å²) in [6, 6.07) is 0. The summed E-state index contributed by atoms with van der Waals surface area (Å²) in [7, 11) is 3.81. The van der Waals surface area contributed by atoms with Crippen LogP contribution in [0.25, 0.3) is 0 Å². The second kappa shape index (κ2) is 4.29. The van der Waals surface area contributed by atoms with Crippen LogP contribution in [0.2, 0.25) is 0 Å². The van der Waals surface area contributed by atoms with Crippen LogP contribution in [0.3, 0.4) is 0 Å². The van der Waals surface area contributed by atoms with E-state index < -0.39 is 0 Å². The van der Waals surface area contributed by atoms with E-state index in [-0.39, 0.29) is 29.6 Å². The van der Waals surface area contributed by atoms with Crippen LogP contribution < -0.4 is 0 Å². The average Bonchev–Trinajstić information content (AvgIpc) is 1.87. The topological polar surface area (TPSA) is 0 Å². The maximum Gasteiger partial charge on any atom is 0.0316 e. The van der Waals surface area contributed by atoms with Crippen LogP contribution in [0.5, 0.6) is 0 Å². The second-order valence-electron chi connectivity index (χ2n) is 1.66. The molecule has 1 aliphatic rings. The van der Waals surface area contributed by atoms with Gasteiger partial charge in [0.15, 0.2) is 0 Å². The van der Waals surface area contributed by atoms with E-state index in [1.807, 2.05) is 21.6 Å². The molecule has 0 amide bonds. The van der Waals surface area contributed by atoms with Gasteiger partial charge < -0.3 is 0 Å². The van der Waals surface area contributed by atoms with E-state index in [2.05, 4.69) is 19.9 Å². The molecule has 0 aromatic carbocycles. The molecule has 3 heteroatoms. The summed E-state index contributed by atoms with van der Waals surface area (Å²) in [6.07, 6.45) is 2.29. The zero-order valence-electron chi connectivity index (χ0n) is 5.47. The van der Waals surface area contributed by atoms with Gasteiger partial charge in [-0.05, 0) is 18.8 Å². The molecule has 0 nitrogen and oxygen atoms in total. The number of rotatable bonds is 0. The molecule has 41 valence electrons. The standard InChI is InChI=1S/C5H8S2.Na/c1-4-3-5(2)7-6-4;/h3-4H,1-2H3;. The summed E-state index contributed by atoms with van der Waals surface area (Å²) in [5.74, 6) is 0. The molecule has 0 saturated heterocycles. The molecule has 1 radical (unpaired) electrons. The van der Waals surface area contributed by atoms with Gasteiger partial charge in [-0.15, -0.1) is 0 Å². The van der Waals surface area contributed by atoms with Crippen molar-refractivity contribution in [1.29, 1.82) is 0 Å². The van der Waals surface area contributed by atoms with Crippen LogP contribution in [0.15, 0.2) is 11.0 Å². The van der Waals surface area contributed by atoms with Crippen LogP contribution in [-0.4, -0.2) is 34.8 Å². The SMILES string of the molecule is CC1=CC(C)SS1.[Na]. The Morgan fingerprint density at radius 3 is 2.38 bits per heavy atom. The van der Waals surface area contributed by atoms with Gasteiger partial charge in [0.05, 0.1) is 0 Å². The van der Waals surface area contributed by atoms with E-state index in [9.17, 15) is 0 Å². The quantitative estimate of drug-likeness (QED) is 0.389. The summed E-state index contributed by atoms with van der Waals surface area (Å²) in [5, 5.41) is 0.741. The first-order valence-corrected chi connectivity index (χ1v) is 4.52. The second-order valence-corrected chi connectivity index (χ2v) is 4.49. The summed E-state index contributed by atoms with van der Waals surface area (Å²) in [5.41, 5.74) is 0. The van der Waals surface area contributed by atoms with Crippen molar-refractivity contribution >= 4 is 51.1 Å². The van der Waals surface area contributed by atoms with E-state index in [1.54, 1.807) is 0 Å². The number of hydrogen-bond donors (Lipinski definition) is 0. The van der Waals surface area contributed by atoms with Gasteiger partial charge in [0.25, 0.3) is 0 Å². The van der Waals surface area contributed by atoms with Crippen molar-refractivity contribution in [2.24, 2.45) is 0 Å². The van der Waals surface area contributed by atoms with Gasteiger partial charge in [0.2, 0.25) is 0 Å². The predicted molar refractivity (Wildman–Crippen MR) is 44.2 cm³/mol. The van der Waals surface area contributed by atoms with Crippen molar-refractivity contribution in [3.8, 4) is 0 Å². The third-order valence-electron chi connectivity index (χ3n) is 0.801. The molecule has 1 aliphatic heterocycles. The maximum atomic E-state index is 2.29. The first-order chi connectivity index (χ1) is 3.29. The van der Waals surface area contributed by atoms with E-state index in [4.69, 9.17) is 0 Å². The zero-order valence-corrected chi connectivity index (χ0v) is 9.10. The molecule has 0 fully saturated rings. The number of hydrogen-bond acceptors (Lipinski definition) is 2. The molecule has 0 bridgehead atoms. The van der Waals surface area contributed by atoms with Crippen LogP contribution in [-0.2, 0) is 0 Å². The third kappa shape index (κ3) is 2.83. The van der Waals surface area contributed by atoms with Gasteiger partial charge in [-0.2, -0.15) is 0 Å². The van der Waals surface area contributed by atoms with E-state index in [1.165, 1.54) is 4.91 Å². The molecular formula is C5H8NaS2. The maximum absolute atomic E-state index is 2.29. The summed E-state index contributed by atoms with van der Waals surface area (Å²) >= 11 is 0. The first-order valence-electron chi connectivity index (χ1n) is 2.31. The summed E-state index contributed by atoms with van der Waals surface area (Å²) in [6.45, 7) is 4.37. The molecule has 0 aromatic heterocycles. The van der Waals surface area contributed by atoms with Crippen LogP contribution in [0.1, 0.15) is 13.8 Å². The minimum absolute atomic E-state index is 0. The molecule has 0 aromatic rings. The molecule has 0 spiro atoms. The van der Waals surface area contributed by atoms with E-state index >= 15 is 0 Å². The van der Waals surface area contributed by atoms with E-state index in [0.29, 0.717) is 0 Å².